The van der Waals surface area contributed by atoms with E-state index >= 15 is 0 Å². The van der Waals surface area contributed by atoms with Gasteiger partial charge in [-0.2, -0.15) is 5.26 Å². The molecule has 0 aromatic heterocycles. The van der Waals surface area contributed by atoms with Crippen molar-refractivity contribution in [3.63, 3.8) is 0 Å². The summed E-state index contributed by atoms with van der Waals surface area (Å²) < 4.78 is 0. The Morgan fingerprint density at radius 3 is 2.71 bits per heavy atom. The molecule has 0 fully saturated rings. The Bertz CT molecular complexity index is 446. The third kappa shape index (κ3) is 3.60. The van der Waals surface area contributed by atoms with Crippen molar-refractivity contribution in [2.45, 2.75) is 33.6 Å². The molecule has 1 rings (SSSR count). The SMILES string of the molecule is CCCC(C#N)C(=O)Nc1ccc(C)cc1C. The molecule has 0 heterocycles. The molecule has 90 valence electrons. The quantitative estimate of drug-likeness (QED) is 0.863. The number of rotatable bonds is 4. The number of nitrogens with zero attached hydrogens (tertiary/aromatic N) is 1. The Morgan fingerprint density at radius 2 is 2.18 bits per heavy atom. The van der Waals surface area contributed by atoms with Gasteiger partial charge in [0, 0.05) is 5.69 Å². The molecule has 1 aromatic carbocycles. The van der Waals surface area contributed by atoms with Crippen molar-refractivity contribution in [3.05, 3.63) is 29.3 Å². The van der Waals surface area contributed by atoms with Gasteiger partial charge in [-0.05, 0) is 31.9 Å². The number of nitriles is 1. The minimum atomic E-state index is -0.555. The van der Waals surface area contributed by atoms with E-state index in [1.807, 2.05) is 45.0 Å². The van der Waals surface area contributed by atoms with Crippen LogP contribution >= 0.6 is 0 Å². The number of hydrogen-bond acceptors (Lipinski definition) is 2. The van der Waals surface area contributed by atoms with Gasteiger partial charge in [0.05, 0.1) is 6.07 Å². The fourth-order valence-electron chi connectivity index (χ4n) is 1.72. The highest BCUT2D eigenvalue weighted by Crippen LogP contribution is 2.17. The average molecular weight is 230 g/mol. The summed E-state index contributed by atoms with van der Waals surface area (Å²) >= 11 is 0. The summed E-state index contributed by atoms with van der Waals surface area (Å²) in [6, 6.07) is 7.88. The van der Waals surface area contributed by atoms with Crippen LogP contribution in [0.1, 0.15) is 30.9 Å². The van der Waals surface area contributed by atoms with Crippen molar-refractivity contribution < 1.29 is 4.79 Å². The molecule has 0 saturated carbocycles. The molecule has 1 atom stereocenters. The highest BCUT2D eigenvalue weighted by molar-refractivity contribution is 5.94. The van der Waals surface area contributed by atoms with Crippen molar-refractivity contribution in [3.8, 4) is 6.07 Å². The molecular weight excluding hydrogens is 212 g/mol. The maximum absolute atomic E-state index is 11.8. The van der Waals surface area contributed by atoms with Gasteiger partial charge in [-0.1, -0.05) is 31.0 Å². The lowest BCUT2D eigenvalue weighted by molar-refractivity contribution is -0.118. The second kappa shape index (κ2) is 6.05. The molecule has 0 saturated heterocycles. The van der Waals surface area contributed by atoms with Crippen molar-refractivity contribution in [1.82, 2.24) is 0 Å². The Kier molecular flexibility index (Phi) is 4.71. The molecule has 0 spiro atoms. The second-order valence-electron chi connectivity index (χ2n) is 4.28. The highest BCUT2D eigenvalue weighted by Gasteiger charge is 2.17. The molecule has 17 heavy (non-hydrogen) atoms. The van der Waals surface area contributed by atoms with E-state index < -0.39 is 5.92 Å². The van der Waals surface area contributed by atoms with E-state index in [-0.39, 0.29) is 5.91 Å². The van der Waals surface area contributed by atoms with Gasteiger partial charge >= 0.3 is 0 Å². The minimum absolute atomic E-state index is 0.207. The van der Waals surface area contributed by atoms with Gasteiger partial charge in [-0.3, -0.25) is 4.79 Å². The third-order valence-electron chi connectivity index (χ3n) is 2.69. The topological polar surface area (TPSA) is 52.9 Å². The van der Waals surface area contributed by atoms with Gasteiger partial charge in [0.1, 0.15) is 5.92 Å². The molecule has 0 aliphatic heterocycles. The lowest BCUT2D eigenvalue weighted by Crippen LogP contribution is -2.21. The normalized spacial score (nSPS) is 11.6. The predicted molar refractivity (Wildman–Crippen MR) is 68.6 cm³/mol. The van der Waals surface area contributed by atoms with Gasteiger partial charge in [0.2, 0.25) is 5.91 Å². The third-order valence-corrected chi connectivity index (χ3v) is 2.69. The van der Waals surface area contributed by atoms with Gasteiger partial charge < -0.3 is 5.32 Å². The van der Waals surface area contributed by atoms with E-state index in [9.17, 15) is 4.79 Å². The van der Waals surface area contributed by atoms with Crippen LogP contribution in [0.25, 0.3) is 0 Å². The van der Waals surface area contributed by atoms with Crippen molar-refractivity contribution >= 4 is 11.6 Å². The first kappa shape index (κ1) is 13.2. The first-order valence-electron chi connectivity index (χ1n) is 5.86. The summed E-state index contributed by atoms with van der Waals surface area (Å²) in [5.41, 5.74) is 2.97. The summed E-state index contributed by atoms with van der Waals surface area (Å²) in [4.78, 5) is 11.8. The predicted octanol–water partition coefficient (Wildman–Crippen LogP) is 3.18. The van der Waals surface area contributed by atoms with Crippen LogP contribution in [-0.2, 0) is 4.79 Å². The van der Waals surface area contributed by atoms with Crippen LogP contribution in [-0.4, -0.2) is 5.91 Å². The number of benzene rings is 1. The Labute approximate surface area is 102 Å². The minimum Gasteiger partial charge on any atom is -0.325 e. The summed E-state index contributed by atoms with van der Waals surface area (Å²) in [5, 5.41) is 11.7. The van der Waals surface area contributed by atoms with E-state index in [1.165, 1.54) is 0 Å². The fourth-order valence-corrected chi connectivity index (χ4v) is 1.72. The number of anilines is 1. The maximum atomic E-state index is 11.8. The molecule has 0 radical (unpaired) electrons. The van der Waals surface area contributed by atoms with Crippen LogP contribution in [0.4, 0.5) is 5.69 Å². The fraction of sp³-hybridized carbons (Fsp3) is 0.429. The van der Waals surface area contributed by atoms with E-state index in [1.54, 1.807) is 0 Å². The number of carbonyl (C=O) groups excluding carboxylic acids is 1. The summed E-state index contributed by atoms with van der Waals surface area (Å²) in [6.07, 6.45) is 1.44. The zero-order valence-corrected chi connectivity index (χ0v) is 10.6. The van der Waals surface area contributed by atoms with Gasteiger partial charge in [0.15, 0.2) is 0 Å². The highest BCUT2D eigenvalue weighted by atomic mass is 16.1. The number of hydrogen-bond donors (Lipinski definition) is 1. The van der Waals surface area contributed by atoms with Crippen molar-refractivity contribution in [1.29, 1.82) is 5.26 Å². The largest absolute Gasteiger partial charge is 0.325 e. The lowest BCUT2D eigenvalue weighted by Gasteiger charge is -2.11. The summed E-state index contributed by atoms with van der Waals surface area (Å²) in [5.74, 6) is -0.762. The van der Waals surface area contributed by atoms with Crippen molar-refractivity contribution in [2.24, 2.45) is 5.92 Å². The van der Waals surface area contributed by atoms with Crippen LogP contribution in [0, 0.1) is 31.1 Å². The maximum Gasteiger partial charge on any atom is 0.241 e. The number of carbonyl (C=O) groups is 1. The zero-order chi connectivity index (χ0) is 12.8. The molecule has 3 heteroatoms. The molecule has 3 nitrogen and oxygen atoms in total. The molecule has 0 aliphatic carbocycles. The molecular formula is C14H18N2O. The first-order valence-corrected chi connectivity index (χ1v) is 5.86. The Morgan fingerprint density at radius 1 is 1.47 bits per heavy atom. The number of nitrogens with one attached hydrogen (secondary N) is 1. The summed E-state index contributed by atoms with van der Waals surface area (Å²) in [6.45, 7) is 5.92. The average Bonchev–Trinajstić information content (AvgIpc) is 2.29. The first-order chi connectivity index (χ1) is 8.08. The van der Waals surface area contributed by atoms with Crippen LogP contribution in [0.3, 0.4) is 0 Å². The lowest BCUT2D eigenvalue weighted by atomic mass is 10.0. The number of amides is 1. The Balaban J connectivity index is 2.77. The Hall–Kier alpha value is -1.82. The van der Waals surface area contributed by atoms with Gasteiger partial charge in [-0.25, -0.2) is 0 Å². The van der Waals surface area contributed by atoms with E-state index in [2.05, 4.69) is 5.32 Å². The summed E-state index contributed by atoms with van der Waals surface area (Å²) in [7, 11) is 0. The molecule has 0 bridgehead atoms. The van der Waals surface area contributed by atoms with Crippen molar-refractivity contribution in [2.75, 3.05) is 5.32 Å². The monoisotopic (exact) mass is 230 g/mol. The van der Waals surface area contributed by atoms with Crippen LogP contribution in [0.15, 0.2) is 18.2 Å². The second-order valence-corrected chi connectivity index (χ2v) is 4.28. The van der Waals surface area contributed by atoms with Gasteiger partial charge in [-0.15, -0.1) is 0 Å². The van der Waals surface area contributed by atoms with Gasteiger partial charge in [0.25, 0.3) is 0 Å². The molecule has 1 aromatic rings. The van der Waals surface area contributed by atoms with E-state index in [0.29, 0.717) is 6.42 Å². The van der Waals surface area contributed by atoms with Crippen LogP contribution in [0.2, 0.25) is 0 Å². The van der Waals surface area contributed by atoms with Crippen LogP contribution < -0.4 is 5.32 Å². The van der Waals surface area contributed by atoms with Crippen LogP contribution in [0.5, 0.6) is 0 Å². The van der Waals surface area contributed by atoms with E-state index in [0.717, 1.165) is 23.2 Å². The zero-order valence-electron chi connectivity index (χ0n) is 10.6. The van der Waals surface area contributed by atoms with E-state index in [4.69, 9.17) is 5.26 Å². The number of aryl methyl sites for hydroxylation is 2. The molecule has 1 amide bonds. The smallest absolute Gasteiger partial charge is 0.241 e. The molecule has 1 N–H and O–H groups in total. The molecule has 0 aliphatic rings. The standard InChI is InChI=1S/C14H18N2O/c1-4-5-12(9-15)14(17)16-13-7-6-10(2)8-11(13)3/h6-8,12H,4-5H2,1-3H3,(H,16,17). The molecule has 1 unspecified atom stereocenters.